The molecule has 1 aliphatic heterocycles. The van der Waals surface area contributed by atoms with Crippen molar-refractivity contribution in [3.05, 3.63) is 48.3 Å². The first kappa shape index (κ1) is 13.4. The molecule has 2 aromatic rings. The average Bonchev–Trinajstić information content (AvgIpc) is 3.00. The molecule has 21 heavy (non-hydrogen) atoms. The first-order chi connectivity index (χ1) is 10.2. The fraction of sp³-hybridized carbons (Fsp3) is 0.267. The van der Waals surface area contributed by atoms with Crippen LogP contribution in [0.2, 0.25) is 0 Å². The maximum absolute atomic E-state index is 12.2. The van der Waals surface area contributed by atoms with E-state index >= 15 is 0 Å². The summed E-state index contributed by atoms with van der Waals surface area (Å²) in [6.45, 7) is 0.484. The number of aromatic nitrogens is 2. The lowest BCUT2D eigenvalue weighted by atomic mass is 10.1. The lowest BCUT2D eigenvalue weighted by molar-refractivity contribution is -0.122. The van der Waals surface area contributed by atoms with E-state index in [1.54, 1.807) is 17.1 Å². The van der Waals surface area contributed by atoms with Crippen LogP contribution in [-0.4, -0.2) is 34.2 Å². The number of carbonyl (C=O) groups excluding carboxylic acids is 2. The molecule has 1 aromatic heterocycles. The first-order valence-electron chi connectivity index (χ1n) is 6.90. The lowest BCUT2D eigenvalue weighted by Crippen LogP contribution is -2.47. The summed E-state index contributed by atoms with van der Waals surface area (Å²) in [4.78, 5) is 23.2. The van der Waals surface area contributed by atoms with Crippen molar-refractivity contribution in [2.75, 3.05) is 6.54 Å². The third-order valence-electron chi connectivity index (χ3n) is 3.47. The number of hydrogen-bond acceptors (Lipinski definition) is 3. The molecule has 0 saturated carbocycles. The minimum atomic E-state index is -0.168. The van der Waals surface area contributed by atoms with E-state index in [1.165, 1.54) is 0 Å². The Bertz CT molecular complexity index is 641. The number of rotatable bonds is 3. The standard InChI is InChI=1S/C15H16N4O2/c20-14-7-6-12(9-16-14)18-15(21)11-8-17-19(10-11)13-4-2-1-3-5-13/h1-5,8,10,12H,6-7,9H2,(H,16,20)(H,18,21). The number of amides is 2. The summed E-state index contributed by atoms with van der Waals surface area (Å²) in [5.41, 5.74) is 1.41. The monoisotopic (exact) mass is 284 g/mol. The highest BCUT2D eigenvalue weighted by Gasteiger charge is 2.20. The van der Waals surface area contributed by atoms with Crippen molar-refractivity contribution in [3.63, 3.8) is 0 Å². The molecule has 3 rings (SSSR count). The van der Waals surface area contributed by atoms with Crippen LogP contribution in [0, 0.1) is 0 Å². The fourth-order valence-electron chi connectivity index (χ4n) is 2.29. The van der Waals surface area contributed by atoms with E-state index in [4.69, 9.17) is 0 Å². The van der Waals surface area contributed by atoms with E-state index in [0.29, 0.717) is 24.9 Å². The van der Waals surface area contributed by atoms with Gasteiger partial charge in [0.15, 0.2) is 0 Å². The van der Waals surface area contributed by atoms with Crippen LogP contribution in [0.15, 0.2) is 42.7 Å². The molecular weight excluding hydrogens is 268 g/mol. The molecule has 2 N–H and O–H groups in total. The largest absolute Gasteiger partial charge is 0.354 e. The highest BCUT2D eigenvalue weighted by molar-refractivity contribution is 5.94. The number of hydrogen-bond donors (Lipinski definition) is 2. The molecule has 1 aliphatic rings. The molecule has 0 radical (unpaired) electrons. The normalized spacial score (nSPS) is 18.1. The predicted octanol–water partition coefficient (Wildman–Crippen LogP) is 0.881. The van der Waals surface area contributed by atoms with Crippen LogP contribution in [-0.2, 0) is 4.79 Å². The van der Waals surface area contributed by atoms with Crippen molar-refractivity contribution >= 4 is 11.8 Å². The van der Waals surface area contributed by atoms with E-state index in [2.05, 4.69) is 15.7 Å². The van der Waals surface area contributed by atoms with Gasteiger partial charge in [0.2, 0.25) is 5.91 Å². The molecule has 1 saturated heterocycles. The van der Waals surface area contributed by atoms with Gasteiger partial charge in [0, 0.05) is 25.2 Å². The highest BCUT2D eigenvalue weighted by Crippen LogP contribution is 2.09. The van der Waals surface area contributed by atoms with Gasteiger partial charge in [-0.3, -0.25) is 9.59 Å². The second-order valence-electron chi connectivity index (χ2n) is 5.02. The van der Waals surface area contributed by atoms with Gasteiger partial charge in [0.25, 0.3) is 5.91 Å². The van der Waals surface area contributed by atoms with Gasteiger partial charge in [-0.05, 0) is 18.6 Å². The first-order valence-corrected chi connectivity index (χ1v) is 6.90. The van der Waals surface area contributed by atoms with Gasteiger partial charge in [-0.25, -0.2) is 4.68 Å². The van der Waals surface area contributed by atoms with Crippen molar-refractivity contribution in [2.45, 2.75) is 18.9 Å². The van der Waals surface area contributed by atoms with Gasteiger partial charge in [-0.2, -0.15) is 5.10 Å². The Morgan fingerprint density at radius 3 is 2.86 bits per heavy atom. The molecule has 0 spiro atoms. The summed E-state index contributed by atoms with van der Waals surface area (Å²) >= 11 is 0. The number of carbonyl (C=O) groups is 2. The maximum atomic E-state index is 12.2. The maximum Gasteiger partial charge on any atom is 0.254 e. The van der Waals surface area contributed by atoms with Crippen LogP contribution >= 0.6 is 0 Å². The Morgan fingerprint density at radius 1 is 1.33 bits per heavy atom. The van der Waals surface area contributed by atoms with Crippen molar-refractivity contribution in [2.24, 2.45) is 0 Å². The summed E-state index contributed by atoms with van der Waals surface area (Å²) < 4.78 is 1.66. The van der Waals surface area contributed by atoms with E-state index < -0.39 is 0 Å². The topological polar surface area (TPSA) is 76.0 Å². The van der Waals surface area contributed by atoms with Crippen LogP contribution in [0.3, 0.4) is 0 Å². The molecule has 1 atom stereocenters. The Kier molecular flexibility index (Phi) is 3.68. The Balaban J connectivity index is 1.66. The Labute approximate surface area is 122 Å². The zero-order valence-electron chi connectivity index (χ0n) is 11.5. The lowest BCUT2D eigenvalue weighted by Gasteiger charge is -2.23. The van der Waals surface area contributed by atoms with Gasteiger partial charge in [-0.15, -0.1) is 0 Å². The summed E-state index contributed by atoms with van der Waals surface area (Å²) in [6, 6.07) is 9.59. The fourth-order valence-corrected chi connectivity index (χ4v) is 2.29. The third kappa shape index (κ3) is 3.10. The molecule has 2 amide bonds. The molecule has 0 bridgehead atoms. The van der Waals surface area contributed by atoms with Crippen LogP contribution in [0.4, 0.5) is 0 Å². The molecule has 1 aromatic carbocycles. The van der Waals surface area contributed by atoms with Crippen molar-refractivity contribution in [1.82, 2.24) is 20.4 Å². The second-order valence-corrected chi connectivity index (χ2v) is 5.02. The zero-order chi connectivity index (χ0) is 14.7. The Morgan fingerprint density at radius 2 is 2.14 bits per heavy atom. The van der Waals surface area contributed by atoms with Gasteiger partial charge in [0.1, 0.15) is 0 Å². The summed E-state index contributed by atoms with van der Waals surface area (Å²) in [5.74, 6) is -0.129. The van der Waals surface area contributed by atoms with Crippen molar-refractivity contribution in [3.8, 4) is 5.69 Å². The van der Waals surface area contributed by atoms with E-state index in [-0.39, 0.29) is 17.9 Å². The summed E-state index contributed by atoms with van der Waals surface area (Å²) in [6.07, 6.45) is 4.37. The average molecular weight is 284 g/mol. The SMILES string of the molecule is O=C1CCC(NC(=O)c2cnn(-c3ccccc3)c2)CN1. The second kappa shape index (κ2) is 5.78. The number of benzene rings is 1. The summed E-state index contributed by atoms with van der Waals surface area (Å²) in [5, 5.41) is 9.86. The number of piperidine rings is 1. The molecule has 0 aliphatic carbocycles. The number of nitrogens with one attached hydrogen (secondary N) is 2. The van der Waals surface area contributed by atoms with Crippen LogP contribution in [0.5, 0.6) is 0 Å². The minimum absolute atomic E-state index is 0.0183. The summed E-state index contributed by atoms with van der Waals surface area (Å²) in [7, 11) is 0. The van der Waals surface area contributed by atoms with Gasteiger partial charge >= 0.3 is 0 Å². The van der Waals surface area contributed by atoms with E-state index in [9.17, 15) is 9.59 Å². The van der Waals surface area contributed by atoms with Crippen LogP contribution in [0.1, 0.15) is 23.2 Å². The molecule has 108 valence electrons. The third-order valence-corrected chi connectivity index (χ3v) is 3.47. The number of para-hydroxylation sites is 1. The van der Waals surface area contributed by atoms with Crippen molar-refractivity contribution < 1.29 is 9.59 Å². The molecule has 1 fully saturated rings. The smallest absolute Gasteiger partial charge is 0.254 e. The molecular formula is C15H16N4O2. The van der Waals surface area contributed by atoms with Crippen LogP contribution in [0.25, 0.3) is 5.69 Å². The Hall–Kier alpha value is -2.63. The van der Waals surface area contributed by atoms with E-state index in [1.807, 2.05) is 30.3 Å². The van der Waals surface area contributed by atoms with Gasteiger partial charge < -0.3 is 10.6 Å². The van der Waals surface area contributed by atoms with Crippen LogP contribution < -0.4 is 10.6 Å². The number of nitrogens with zero attached hydrogens (tertiary/aromatic N) is 2. The predicted molar refractivity (Wildman–Crippen MR) is 77.1 cm³/mol. The van der Waals surface area contributed by atoms with Gasteiger partial charge in [0.05, 0.1) is 17.4 Å². The quantitative estimate of drug-likeness (QED) is 0.878. The molecule has 2 heterocycles. The minimum Gasteiger partial charge on any atom is -0.354 e. The highest BCUT2D eigenvalue weighted by atomic mass is 16.2. The van der Waals surface area contributed by atoms with Crippen molar-refractivity contribution in [1.29, 1.82) is 0 Å². The zero-order valence-corrected chi connectivity index (χ0v) is 11.5. The van der Waals surface area contributed by atoms with Gasteiger partial charge in [-0.1, -0.05) is 18.2 Å². The van der Waals surface area contributed by atoms with E-state index in [0.717, 1.165) is 5.69 Å². The molecule has 1 unspecified atom stereocenters. The molecule has 6 nitrogen and oxygen atoms in total. The molecule has 6 heteroatoms.